The molecular formula is C22H26N2O3. The second kappa shape index (κ2) is 6.98. The van der Waals surface area contributed by atoms with E-state index in [2.05, 4.69) is 48.2 Å². The molecule has 4 rings (SSSR count). The van der Waals surface area contributed by atoms with Crippen molar-refractivity contribution in [1.82, 2.24) is 9.80 Å². The molecule has 0 aliphatic carbocycles. The molecule has 2 aromatic carbocycles. The fraction of sp³-hybridized carbons (Fsp3) is 0.409. The van der Waals surface area contributed by atoms with Crippen LogP contribution < -0.4 is 4.74 Å². The number of hydrogen-bond acceptors (Lipinski definition) is 4. The van der Waals surface area contributed by atoms with Crippen LogP contribution in [0.1, 0.15) is 22.6 Å². The van der Waals surface area contributed by atoms with Crippen molar-refractivity contribution in [1.29, 1.82) is 0 Å². The van der Waals surface area contributed by atoms with Crippen LogP contribution in [0.25, 0.3) is 0 Å². The van der Waals surface area contributed by atoms with Crippen LogP contribution >= 0.6 is 0 Å². The first-order chi connectivity index (χ1) is 13.0. The van der Waals surface area contributed by atoms with Crippen LogP contribution in [0.3, 0.4) is 0 Å². The number of para-hydroxylation sites is 1. The predicted molar refractivity (Wildman–Crippen MR) is 104 cm³/mol. The summed E-state index contributed by atoms with van der Waals surface area (Å²) in [5.41, 5.74) is 2.66. The molecule has 2 aliphatic heterocycles. The zero-order chi connectivity index (χ0) is 19.0. The zero-order valence-electron chi connectivity index (χ0n) is 15.9. The molecule has 0 spiro atoms. The Labute approximate surface area is 160 Å². The van der Waals surface area contributed by atoms with Gasteiger partial charge in [-0.25, -0.2) is 0 Å². The van der Waals surface area contributed by atoms with E-state index in [1.54, 1.807) is 0 Å². The Morgan fingerprint density at radius 1 is 1.22 bits per heavy atom. The van der Waals surface area contributed by atoms with Gasteiger partial charge in [-0.2, -0.15) is 0 Å². The molecule has 1 fully saturated rings. The minimum atomic E-state index is -0.865. The third-order valence-electron chi connectivity index (χ3n) is 5.72. The van der Waals surface area contributed by atoms with Crippen LogP contribution in [0.4, 0.5) is 0 Å². The van der Waals surface area contributed by atoms with Crippen LogP contribution in [0.2, 0.25) is 0 Å². The fourth-order valence-corrected chi connectivity index (χ4v) is 4.50. The van der Waals surface area contributed by atoms with Crippen LogP contribution in [0.15, 0.2) is 48.5 Å². The van der Waals surface area contributed by atoms with Gasteiger partial charge in [0.1, 0.15) is 17.8 Å². The number of hydrogen-bond donors (Lipinski definition) is 1. The molecule has 2 heterocycles. The van der Waals surface area contributed by atoms with Crippen molar-refractivity contribution in [3.8, 4) is 5.75 Å². The maximum atomic E-state index is 12.2. The maximum absolute atomic E-state index is 12.2. The molecular weight excluding hydrogens is 340 g/mol. The SMILES string of the molecule is CN(C)Cc1cccc(CN2C[C@@H]3c4ccccc4OC[C@]3(C(=O)O)C2)c1. The van der Waals surface area contributed by atoms with Crippen molar-refractivity contribution >= 4 is 5.97 Å². The van der Waals surface area contributed by atoms with Crippen LogP contribution in [-0.2, 0) is 17.9 Å². The highest BCUT2D eigenvalue weighted by Gasteiger charge is 2.56. The van der Waals surface area contributed by atoms with E-state index in [0.717, 1.165) is 30.9 Å². The second-order valence-electron chi connectivity index (χ2n) is 8.07. The molecule has 2 aromatic rings. The van der Waals surface area contributed by atoms with E-state index in [-0.39, 0.29) is 12.5 Å². The molecule has 1 N–H and O–H groups in total. The lowest BCUT2D eigenvalue weighted by atomic mass is 9.73. The van der Waals surface area contributed by atoms with E-state index in [1.807, 2.05) is 24.3 Å². The highest BCUT2D eigenvalue weighted by Crippen LogP contribution is 2.49. The van der Waals surface area contributed by atoms with Crippen LogP contribution in [-0.4, -0.2) is 54.7 Å². The van der Waals surface area contributed by atoms with Gasteiger partial charge >= 0.3 is 5.97 Å². The van der Waals surface area contributed by atoms with Gasteiger partial charge in [-0.1, -0.05) is 42.5 Å². The van der Waals surface area contributed by atoms with Crippen molar-refractivity contribution in [2.24, 2.45) is 5.41 Å². The third-order valence-corrected chi connectivity index (χ3v) is 5.72. The number of carbonyl (C=O) groups is 1. The molecule has 2 atom stereocenters. The predicted octanol–water partition coefficient (Wildman–Crippen LogP) is 2.81. The van der Waals surface area contributed by atoms with E-state index < -0.39 is 11.4 Å². The number of likely N-dealkylation sites (tertiary alicyclic amines) is 1. The lowest BCUT2D eigenvalue weighted by Crippen LogP contribution is -2.45. The van der Waals surface area contributed by atoms with E-state index in [4.69, 9.17) is 4.74 Å². The summed E-state index contributed by atoms with van der Waals surface area (Å²) >= 11 is 0. The Hall–Kier alpha value is -2.37. The summed E-state index contributed by atoms with van der Waals surface area (Å²) in [4.78, 5) is 16.6. The van der Waals surface area contributed by atoms with Crippen molar-refractivity contribution in [3.63, 3.8) is 0 Å². The minimum Gasteiger partial charge on any atom is -0.492 e. The maximum Gasteiger partial charge on any atom is 0.315 e. The summed E-state index contributed by atoms with van der Waals surface area (Å²) in [5.74, 6) is 0.0324. The van der Waals surface area contributed by atoms with Gasteiger partial charge < -0.3 is 14.7 Å². The van der Waals surface area contributed by atoms with Gasteiger partial charge in [0.05, 0.1) is 0 Å². The van der Waals surface area contributed by atoms with Gasteiger partial charge in [-0.3, -0.25) is 9.69 Å². The van der Waals surface area contributed by atoms with Crippen molar-refractivity contribution in [2.45, 2.75) is 19.0 Å². The molecule has 2 aliphatic rings. The van der Waals surface area contributed by atoms with Crippen LogP contribution in [0.5, 0.6) is 5.75 Å². The molecule has 0 saturated carbocycles. The highest BCUT2D eigenvalue weighted by molar-refractivity contribution is 5.78. The zero-order valence-corrected chi connectivity index (χ0v) is 15.9. The molecule has 27 heavy (non-hydrogen) atoms. The van der Waals surface area contributed by atoms with Gasteiger partial charge in [-0.05, 0) is 36.9 Å². The van der Waals surface area contributed by atoms with Gasteiger partial charge in [-0.15, -0.1) is 0 Å². The standard InChI is InChI=1S/C22H26N2O3/c1-23(2)11-16-6-5-7-17(10-16)12-24-13-19-18-8-3-4-9-20(18)27-15-22(19,14-24)21(25)26/h3-10,19H,11-15H2,1-2H3,(H,25,26)/t19-,22-/m1/s1. The number of rotatable bonds is 5. The normalized spacial score (nSPS) is 24.3. The lowest BCUT2D eigenvalue weighted by molar-refractivity contribution is -0.151. The number of aliphatic carboxylic acids is 1. The minimum absolute atomic E-state index is 0.0371. The molecule has 0 bridgehead atoms. The third kappa shape index (κ3) is 3.33. The largest absolute Gasteiger partial charge is 0.492 e. The van der Waals surface area contributed by atoms with Gasteiger partial charge in [0.2, 0.25) is 0 Å². The summed E-state index contributed by atoms with van der Waals surface area (Å²) < 4.78 is 5.85. The number of ether oxygens (including phenoxy) is 1. The molecule has 0 unspecified atom stereocenters. The summed E-state index contributed by atoms with van der Waals surface area (Å²) in [6.45, 7) is 3.15. The first kappa shape index (κ1) is 18.0. The molecule has 0 aromatic heterocycles. The average Bonchev–Trinajstić information content (AvgIpc) is 3.01. The van der Waals surface area contributed by atoms with E-state index in [9.17, 15) is 9.90 Å². The monoisotopic (exact) mass is 366 g/mol. The Bertz CT molecular complexity index is 851. The van der Waals surface area contributed by atoms with E-state index in [0.29, 0.717) is 6.54 Å². The molecule has 0 amide bonds. The molecule has 5 heteroatoms. The number of carboxylic acid groups (broad SMARTS) is 1. The quantitative estimate of drug-likeness (QED) is 0.882. The van der Waals surface area contributed by atoms with E-state index >= 15 is 0 Å². The lowest BCUT2D eigenvalue weighted by Gasteiger charge is -2.35. The Morgan fingerprint density at radius 3 is 2.78 bits per heavy atom. The Morgan fingerprint density at radius 2 is 2.00 bits per heavy atom. The molecule has 1 saturated heterocycles. The summed E-state index contributed by atoms with van der Waals surface area (Å²) in [6, 6.07) is 16.4. The Kier molecular flexibility index (Phi) is 4.66. The summed E-state index contributed by atoms with van der Waals surface area (Å²) in [5, 5.41) is 10.0. The van der Waals surface area contributed by atoms with E-state index in [1.165, 1.54) is 11.1 Å². The highest BCUT2D eigenvalue weighted by atomic mass is 16.5. The van der Waals surface area contributed by atoms with Gasteiger partial charge in [0.25, 0.3) is 0 Å². The fourth-order valence-electron chi connectivity index (χ4n) is 4.50. The van der Waals surface area contributed by atoms with Gasteiger partial charge in [0.15, 0.2) is 0 Å². The summed E-state index contributed by atoms with van der Waals surface area (Å²) in [7, 11) is 4.12. The van der Waals surface area contributed by atoms with Crippen molar-refractivity contribution in [3.05, 3.63) is 65.2 Å². The second-order valence-corrected chi connectivity index (χ2v) is 8.07. The number of fused-ring (bicyclic) bond motifs is 3. The van der Waals surface area contributed by atoms with Gasteiger partial charge in [0, 0.05) is 32.1 Å². The first-order valence-electron chi connectivity index (χ1n) is 9.38. The molecule has 5 nitrogen and oxygen atoms in total. The van der Waals surface area contributed by atoms with Crippen molar-refractivity contribution < 1.29 is 14.6 Å². The van der Waals surface area contributed by atoms with Crippen molar-refractivity contribution in [2.75, 3.05) is 33.8 Å². The average molecular weight is 366 g/mol. The number of benzene rings is 2. The first-order valence-corrected chi connectivity index (χ1v) is 9.38. The molecule has 142 valence electrons. The smallest absolute Gasteiger partial charge is 0.315 e. The summed E-state index contributed by atoms with van der Waals surface area (Å²) in [6.07, 6.45) is 0. The topological polar surface area (TPSA) is 53.0 Å². The van der Waals surface area contributed by atoms with Crippen LogP contribution in [0, 0.1) is 5.41 Å². The number of nitrogens with zero attached hydrogens (tertiary/aromatic N) is 2. The Balaban J connectivity index is 1.58. The number of carboxylic acids is 1. The molecule has 0 radical (unpaired) electrons.